The van der Waals surface area contributed by atoms with Crippen LogP contribution in [0.4, 0.5) is 13.2 Å². The van der Waals surface area contributed by atoms with Crippen molar-refractivity contribution in [1.82, 2.24) is 4.72 Å². The molecule has 78 valence electrons. The monoisotopic (exact) mass is 225 g/mol. The third kappa shape index (κ3) is 3.00. The Kier molecular flexibility index (Phi) is 2.81. The van der Waals surface area contributed by atoms with E-state index in [4.69, 9.17) is 0 Å². The van der Waals surface area contributed by atoms with Crippen LogP contribution in [0, 0.1) is 0 Å². The summed E-state index contributed by atoms with van der Waals surface area (Å²) in [4.78, 5) is -0.419. The molecule has 0 saturated carbocycles. The second-order valence-electron chi connectivity index (χ2n) is 2.42. The second-order valence-corrected chi connectivity index (χ2v) is 4.10. The molecule has 0 amide bonds. The van der Waals surface area contributed by atoms with Crippen LogP contribution in [0.2, 0.25) is 0 Å². The lowest BCUT2D eigenvalue weighted by Crippen LogP contribution is -2.37. The Labute approximate surface area is 78.6 Å². The topological polar surface area (TPSA) is 46.2 Å². The maximum absolute atomic E-state index is 11.7. The highest BCUT2D eigenvalue weighted by Crippen LogP contribution is 2.16. The summed E-state index contributed by atoms with van der Waals surface area (Å²) < 4.78 is 57.9. The molecule has 0 saturated heterocycles. The number of sulfonamides is 1. The van der Waals surface area contributed by atoms with Crippen LogP contribution >= 0.6 is 0 Å². The molecule has 1 rings (SSSR count). The van der Waals surface area contributed by atoms with E-state index in [1.54, 1.807) is 0 Å². The molecule has 0 aliphatic carbocycles. The molecule has 0 spiro atoms. The van der Waals surface area contributed by atoms with Gasteiger partial charge in [0.25, 0.3) is 0 Å². The molecular weight excluding hydrogens is 219 g/mol. The molecule has 0 radical (unpaired) electrons. The van der Waals surface area contributed by atoms with Gasteiger partial charge in [0.1, 0.15) is 0 Å². The minimum absolute atomic E-state index is 0.419. The second kappa shape index (κ2) is 3.58. The Hall–Kier alpha value is -1.08. The first kappa shape index (κ1) is 11.0. The van der Waals surface area contributed by atoms with Gasteiger partial charge in [0.15, 0.2) is 0 Å². The van der Waals surface area contributed by atoms with Gasteiger partial charge in [-0.3, -0.25) is 0 Å². The van der Waals surface area contributed by atoms with Gasteiger partial charge in [-0.2, -0.15) is 13.2 Å². The zero-order valence-electron chi connectivity index (χ0n) is 6.75. The van der Waals surface area contributed by atoms with E-state index >= 15 is 0 Å². The predicted molar refractivity (Wildman–Crippen MR) is 42.8 cm³/mol. The number of nitrogens with one attached hydrogen (secondary N) is 1. The molecule has 0 fully saturated rings. The molecule has 0 aliphatic heterocycles. The SMILES string of the molecule is O=S(=O)(NC(F)(F)F)c1ccccc1. The number of hydrogen-bond acceptors (Lipinski definition) is 2. The van der Waals surface area contributed by atoms with Crippen molar-refractivity contribution in [2.24, 2.45) is 0 Å². The molecular formula is C7H6F3NO2S. The molecule has 1 N–H and O–H groups in total. The first-order valence-corrected chi connectivity index (χ1v) is 4.95. The smallest absolute Gasteiger partial charge is 0.207 e. The van der Waals surface area contributed by atoms with E-state index in [2.05, 4.69) is 0 Å². The predicted octanol–water partition coefficient (Wildman–Crippen LogP) is 1.48. The number of alkyl halides is 3. The van der Waals surface area contributed by atoms with E-state index in [-0.39, 0.29) is 0 Å². The Morgan fingerprint density at radius 1 is 1.07 bits per heavy atom. The van der Waals surface area contributed by atoms with Gasteiger partial charge in [-0.15, -0.1) is 4.72 Å². The van der Waals surface area contributed by atoms with Gasteiger partial charge in [0.2, 0.25) is 10.0 Å². The minimum atomic E-state index is -4.95. The van der Waals surface area contributed by atoms with E-state index in [1.165, 1.54) is 18.2 Å². The Morgan fingerprint density at radius 2 is 1.57 bits per heavy atom. The van der Waals surface area contributed by atoms with E-state index in [0.29, 0.717) is 4.72 Å². The van der Waals surface area contributed by atoms with Crippen molar-refractivity contribution in [2.45, 2.75) is 11.2 Å². The van der Waals surface area contributed by atoms with Gasteiger partial charge in [-0.05, 0) is 12.1 Å². The maximum Gasteiger partial charge on any atom is 0.470 e. The quantitative estimate of drug-likeness (QED) is 0.775. The summed E-state index contributed by atoms with van der Waals surface area (Å²) >= 11 is 0. The van der Waals surface area contributed by atoms with Gasteiger partial charge in [0, 0.05) is 0 Å². The Bertz CT molecular complexity index is 399. The largest absolute Gasteiger partial charge is 0.470 e. The van der Waals surface area contributed by atoms with Crippen molar-refractivity contribution in [2.75, 3.05) is 0 Å². The average Bonchev–Trinajstić information content (AvgIpc) is 2.01. The summed E-state index contributed by atoms with van der Waals surface area (Å²) in [7, 11) is -4.49. The summed E-state index contributed by atoms with van der Waals surface area (Å²) in [6.45, 7) is 0. The third-order valence-corrected chi connectivity index (χ3v) is 2.70. The lowest BCUT2D eigenvalue weighted by atomic mass is 10.4. The highest BCUT2D eigenvalue weighted by Gasteiger charge is 2.34. The fourth-order valence-electron chi connectivity index (χ4n) is 0.811. The first-order valence-electron chi connectivity index (χ1n) is 3.47. The van der Waals surface area contributed by atoms with Crippen LogP contribution in [-0.4, -0.2) is 14.7 Å². The molecule has 7 heteroatoms. The van der Waals surface area contributed by atoms with Crippen LogP contribution in [-0.2, 0) is 10.0 Å². The van der Waals surface area contributed by atoms with Crippen molar-refractivity contribution in [3.8, 4) is 0 Å². The molecule has 1 aromatic carbocycles. The van der Waals surface area contributed by atoms with Gasteiger partial charge < -0.3 is 0 Å². The van der Waals surface area contributed by atoms with Crippen molar-refractivity contribution >= 4 is 10.0 Å². The van der Waals surface area contributed by atoms with Crippen molar-refractivity contribution in [1.29, 1.82) is 0 Å². The Morgan fingerprint density at radius 3 is 2.00 bits per heavy atom. The van der Waals surface area contributed by atoms with E-state index in [9.17, 15) is 21.6 Å². The average molecular weight is 225 g/mol. The van der Waals surface area contributed by atoms with Crippen LogP contribution in [0.3, 0.4) is 0 Å². The summed E-state index contributed by atoms with van der Waals surface area (Å²) in [6, 6.07) is 6.34. The number of rotatable bonds is 2. The normalized spacial score (nSPS) is 12.8. The fourth-order valence-corrected chi connectivity index (χ4v) is 1.75. The minimum Gasteiger partial charge on any atom is -0.207 e. The highest BCUT2D eigenvalue weighted by atomic mass is 32.2. The molecule has 1 aromatic rings. The third-order valence-electron chi connectivity index (χ3n) is 1.30. The molecule has 0 heterocycles. The number of hydrogen-bond donors (Lipinski definition) is 1. The van der Waals surface area contributed by atoms with Crippen LogP contribution in [0.1, 0.15) is 0 Å². The maximum atomic E-state index is 11.7. The first-order chi connectivity index (χ1) is 6.31. The summed E-state index contributed by atoms with van der Waals surface area (Å²) in [5.41, 5.74) is 0. The molecule has 0 aliphatic rings. The summed E-state index contributed by atoms with van der Waals surface area (Å²) in [5, 5.41) is 0. The number of halogens is 3. The zero-order chi connectivity index (χ0) is 10.8. The van der Waals surface area contributed by atoms with E-state index in [0.717, 1.165) is 12.1 Å². The summed E-state index contributed by atoms with van der Waals surface area (Å²) in [5.74, 6) is 0. The van der Waals surface area contributed by atoms with E-state index in [1.807, 2.05) is 0 Å². The number of benzene rings is 1. The zero-order valence-corrected chi connectivity index (χ0v) is 7.56. The van der Waals surface area contributed by atoms with Gasteiger partial charge in [-0.1, -0.05) is 18.2 Å². The van der Waals surface area contributed by atoms with Crippen LogP contribution in [0.15, 0.2) is 35.2 Å². The van der Waals surface area contributed by atoms with Crippen LogP contribution in [0.5, 0.6) is 0 Å². The lowest BCUT2D eigenvalue weighted by Gasteiger charge is -2.08. The molecule has 3 nitrogen and oxygen atoms in total. The lowest BCUT2D eigenvalue weighted by molar-refractivity contribution is -0.138. The van der Waals surface area contributed by atoms with Gasteiger partial charge in [-0.25, -0.2) is 8.42 Å². The molecule has 0 unspecified atom stereocenters. The van der Waals surface area contributed by atoms with Crippen molar-refractivity contribution in [3.05, 3.63) is 30.3 Å². The Balaban J connectivity index is 2.99. The van der Waals surface area contributed by atoms with E-state index < -0.39 is 21.2 Å². The molecule has 14 heavy (non-hydrogen) atoms. The molecule has 0 bridgehead atoms. The van der Waals surface area contributed by atoms with Gasteiger partial charge in [0.05, 0.1) is 4.90 Å². The standard InChI is InChI=1S/C7H6F3NO2S/c8-7(9,10)11-14(12,13)6-4-2-1-3-5-6/h1-5,11H. The summed E-state index contributed by atoms with van der Waals surface area (Å²) in [6.07, 6.45) is -4.95. The molecule has 0 atom stereocenters. The van der Waals surface area contributed by atoms with Crippen LogP contribution in [0.25, 0.3) is 0 Å². The van der Waals surface area contributed by atoms with Gasteiger partial charge >= 0.3 is 6.30 Å². The van der Waals surface area contributed by atoms with Crippen LogP contribution < -0.4 is 4.72 Å². The highest BCUT2D eigenvalue weighted by molar-refractivity contribution is 7.89. The van der Waals surface area contributed by atoms with Crippen molar-refractivity contribution < 1.29 is 21.6 Å². The molecule has 0 aromatic heterocycles. The fraction of sp³-hybridized carbons (Fsp3) is 0.143. The van der Waals surface area contributed by atoms with Crippen molar-refractivity contribution in [3.63, 3.8) is 0 Å².